The second-order valence-corrected chi connectivity index (χ2v) is 2.22. The van der Waals surface area contributed by atoms with Gasteiger partial charge in [-0.1, -0.05) is 0 Å². The van der Waals surface area contributed by atoms with Crippen LogP contribution in [0.3, 0.4) is 0 Å². The molecule has 0 aromatic carbocycles. The van der Waals surface area contributed by atoms with Crippen molar-refractivity contribution in [1.82, 2.24) is 0 Å². The van der Waals surface area contributed by atoms with E-state index in [0.717, 1.165) is 0 Å². The Balaban J connectivity index is 4.17. The van der Waals surface area contributed by atoms with Crippen LogP contribution in [-0.4, -0.2) is 39.7 Å². The summed E-state index contributed by atoms with van der Waals surface area (Å²) in [6, 6.07) is 0. The highest BCUT2D eigenvalue weighted by atomic mass is 16.4. The van der Waals surface area contributed by atoms with Gasteiger partial charge >= 0.3 is 5.97 Å². The van der Waals surface area contributed by atoms with Crippen LogP contribution in [0, 0.1) is 0 Å². The van der Waals surface area contributed by atoms with Crippen LogP contribution in [0.25, 0.3) is 0 Å². The van der Waals surface area contributed by atoms with Crippen LogP contribution >= 0.6 is 0 Å². The first-order chi connectivity index (χ1) is 4.92. The predicted octanol–water partition coefficient (Wildman–Crippen LogP) is -2.57. The van der Waals surface area contributed by atoms with Gasteiger partial charge < -0.3 is 21.1 Å². The van der Waals surface area contributed by atoms with E-state index in [-0.39, 0.29) is 13.0 Å². The number of rotatable bonds is 4. The number of carboxylic acids is 1. The molecule has 0 fully saturated rings. The minimum Gasteiger partial charge on any atom is -0.478 e. The van der Waals surface area contributed by atoms with E-state index in [1.54, 1.807) is 0 Å². The molecule has 0 aliphatic carbocycles. The number of carboxylic acid groups (broad SMARTS) is 1. The zero-order valence-corrected chi connectivity index (χ0v) is 5.90. The van der Waals surface area contributed by atoms with E-state index >= 15 is 0 Å². The monoisotopic (exact) mass is 164 g/mol. The van der Waals surface area contributed by atoms with E-state index in [4.69, 9.17) is 26.8 Å². The van der Waals surface area contributed by atoms with Crippen molar-refractivity contribution in [2.45, 2.75) is 18.2 Å². The van der Waals surface area contributed by atoms with Crippen molar-refractivity contribution in [2.75, 3.05) is 6.54 Å². The molecule has 0 aliphatic rings. The molecule has 2 unspecified atom stereocenters. The molecule has 0 aromatic rings. The van der Waals surface area contributed by atoms with Crippen LogP contribution in [0.5, 0.6) is 0 Å². The molecule has 0 heterocycles. The standard InChI is InChI=1S/C5H12N2O4/c6-2-1-3(8)5(7,11)4(9)10/h3,8,11H,1-2,6-7H2,(H,9,10). The fraction of sp³-hybridized carbons (Fsp3) is 0.800. The molecule has 2 atom stereocenters. The van der Waals surface area contributed by atoms with Crippen LogP contribution in [0.2, 0.25) is 0 Å². The Morgan fingerprint density at radius 2 is 2.09 bits per heavy atom. The molecular weight excluding hydrogens is 152 g/mol. The maximum absolute atomic E-state index is 10.2. The molecule has 6 nitrogen and oxygen atoms in total. The third-order valence-electron chi connectivity index (χ3n) is 1.29. The normalized spacial score (nSPS) is 18.9. The Morgan fingerprint density at radius 1 is 1.64 bits per heavy atom. The van der Waals surface area contributed by atoms with Crippen LogP contribution in [0.1, 0.15) is 6.42 Å². The van der Waals surface area contributed by atoms with Gasteiger partial charge in [-0.25, -0.2) is 4.79 Å². The lowest BCUT2D eigenvalue weighted by Gasteiger charge is -2.23. The molecule has 0 rings (SSSR count). The van der Waals surface area contributed by atoms with Gasteiger partial charge in [-0.05, 0) is 13.0 Å². The fourth-order valence-electron chi connectivity index (χ4n) is 0.520. The quantitative estimate of drug-likeness (QED) is 0.290. The fourth-order valence-corrected chi connectivity index (χ4v) is 0.520. The van der Waals surface area contributed by atoms with Crippen LogP contribution < -0.4 is 11.5 Å². The van der Waals surface area contributed by atoms with Gasteiger partial charge in [0.1, 0.15) is 6.10 Å². The molecule has 11 heavy (non-hydrogen) atoms. The van der Waals surface area contributed by atoms with E-state index in [2.05, 4.69) is 0 Å². The largest absolute Gasteiger partial charge is 0.478 e. The minimum atomic E-state index is -2.60. The highest BCUT2D eigenvalue weighted by Crippen LogP contribution is 2.05. The number of carbonyl (C=O) groups is 1. The predicted molar refractivity (Wildman–Crippen MR) is 36.5 cm³/mol. The summed E-state index contributed by atoms with van der Waals surface area (Å²) in [7, 11) is 0. The average Bonchev–Trinajstić information content (AvgIpc) is 1.88. The molecule has 0 amide bonds. The Labute approximate surface area is 63.4 Å². The SMILES string of the molecule is NCCC(O)C(N)(O)C(=O)O. The lowest BCUT2D eigenvalue weighted by molar-refractivity contribution is -0.171. The first-order valence-corrected chi connectivity index (χ1v) is 3.05. The Hall–Kier alpha value is -0.690. The highest BCUT2D eigenvalue weighted by molar-refractivity contribution is 5.76. The molecular formula is C5H12N2O4. The third-order valence-corrected chi connectivity index (χ3v) is 1.29. The zero-order chi connectivity index (χ0) is 9.07. The van der Waals surface area contributed by atoms with Gasteiger partial charge in [0.05, 0.1) is 0 Å². The summed E-state index contributed by atoms with van der Waals surface area (Å²) < 4.78 is 0. The van der Waals surface area contributed by atoms with Gasteiger partial charge in [0.2, 0.25) is 5.72 Å². The Kier molecular flexibility index (Phi) is 3.40. The van der Waals surface area contributed by atoms with E-state index in [1.807, 2.05) is 0 Å². The van der Waals surface area contributed by atoms with Gasteiger partial charge in [0.15, 0.2) is 0 Å². The van der Waals surface area contributed by atoms with Crippen molar-refractivity contribution in [3.8, 4) is 0 Å². The second kappa shape index (κ2) is 3.63. The van der Waals surface area contributed by atoms with E-state index in [1.165, 1.54) is 0 Å². The van der Waals surface area contributed by atoms with Gasteiger partial charge in [-0.3, -0.25) is 5.73 Å². The van der Waals surface area contributed by atoms with Crippen LogP contribution in [0.4, 0.5) is 0 Å². The highest BCUT2D eigenvalue weighted by Gasteiger charge is 2.38. The molecule has 0 radical (unpaired) electrons. The summed E-state index contributed by atoms with van der Waals surface area (Å²) in [6.45, 7) is 0.0634. The van der Waals surface area contributed by atoms with Crippen molar-refractivity contribution >= 4 is 5.97 Å². The molecule has 0 saturated carbocycles. The lowest BCUT2D eigenvalue weighted by Crippen LogP contribution is -2.57. The number of nitrogens with two attached hydrogens (primary N) is 2. The van der Waals surface area contributed by atoms with Gasteiger partial charge in [0.25, 0.3) is 0 Å². The maximum Gasteiger partial charge on any atom is 0.353 e. The Bertz CT molecular complexity index is 147. The third kappa shape index (κ3) is 2.43. The first kappa shape index (κ1) is 10.3. The first-order valence-electron chi connectivity index (χ1n) is 3.05. The van der Waals surface area contributed by atoms with Crippen molar-refractivity contribution < 1.29 is 20.1 Å². The van der Waals surface area contributed by atoms with Gasteiger partial charge in [0, 0.05) is 0 Å². The molecule has 0 bridgehead atoms. The molecule has 0 spiro atoms. The van der Waals surface area contributed by atoms with E-state index in [9.17, 15) is 4.79 Å². The van der Waals surface area contributed by atoms with Crippen molar-refractivity contribution in [3.05, 3.63) is 0 Å². The number of hydrogen-bond donors (Lipinski definition) is 5. The molecule has 7 N–H and O–H groups in total. The van der Waals surface area contributed by atoms with Crippen LogP contribution in [-0.2, 0) is 4.79 Å². The summed E-state index contributed by atoms with van der Waals surface area (Å²) in [6.07, 6.45) is -1.59. The summed E-state index contributed by atoms with van der Waals surface area (Å²) in [5.41, 5.74) is 7.25. The zero-order valence-electron chi connectivity index (χ0n) is 5.90. The smallest absolute Gasteiger partial charge is 0.353 e. The van der Waals surface area contributed by atoms with E-state index in [0.29, 0.717) is 0 Å². The summed E-state index contributed by atoms with van der Waals surface area (Å²) in [4.78, 5) is 10.2. The molecule has 6 heteroatoms. The van der Waals surface area contributed by atoms with Gasteiger partial charge in [-0.2, -0.15) is 0 Å². The number of hydrogen-bond acceptors (Lipinski definition) is 5. The maximum atomic E-state index is 10.2. The lowest BCUT2D eigenvalue weighted by atomic mass is 10.1. The number of aliphatic carboxylic acids is 1. The summed E-state index contributed by atoms with van der Waals surface area (Å²) >= 11 is 0. The van der Waals surface area contributed by atoms with Crippen molar-refractivity contribution in [1.29, 1.82) is 0 Å². The molecule has 66 valence electrons. The second-order valence-electron chi connectivity index (χ2n) is 2.22. The van der Waals surface area contributed by atoms with Crippen molar-refractivity contribution in [2.24, 2.45) is 11.5 Å². The summed E-state index contributed by atoms with van der Waals surface area (Å²) in [5.74, 6) is -1.67. The summed E-state index contributed by atoms with van der Waals surface area (Å²) in [5, 5.41) is 26.0. The van der Waals surface area contributed by atoms with Gasteiger partial charge in [-0.15, -0.1) is 0 Å². The Morgan fingerprint density at radius 3 is 2.36 bits per heavy atom. The van der Waals surface area contributed by atoms with E-state index < -0.39 is 17.8 Å². The number of aliphatic hydroxyl groups is 2. The molecule has 0 saturated heterocycles. The van der Waals surface area contributed by atoms with Crippen LogP contribution in [0.15, 0.2) is 0 Å². The van der Waals surface area contributed by atoms with Crippen molar-refractivity contribution in [3.63, 3.8) is 0 Å². The molecule has 0 aromatic heterocycles. The minimum absolute atomic E-state index is 0.0563. The number of aliphatic hydroxyl groups excluding tert-OH is 1. The molecule has 0 aliphatic heterocycles. The average molecular weight is 164 g/mol. The topological polar surface area (TPSA) is 130 Å².